The molecule has 0 radical (unpaired) electrons. The van der Waals surface area contributed by atoms with Crippen molar-refractivity contribution in [2.75, 3.05) is 18.1 Å². The van der Waals surface area contributed by atoms with Gasteiger partial charge in [0.15, 0.2) is 12.3 Å². The highest BCUT2D eigenvalue weighted by Gasteiger charge is 2.24. The number of benzene rings is 2. The number of aromatic nitrogens is 3. The van der Waals surface area contributed by atoms with Crippen LogP contribution in [0.15, 0.2) is 54.6 Å². The van der Waals surface area contributed by atoms with Crippen molar-refractivity contribution in [1.82, 2.24) is 14.8 Å². The number of para-hydroxylation sites is 1. The first-order valence-corrected chi connectivity index (χ1v) is 10.5. The van der Waals surface area contributed by atoms with Gasteiger partial charge in [0.1, 0.15) is 0 Å². The van der Waals surface area contributed by atoms with E-state index in [0.717, 1.165) is 40.1 Å². The van der Waals surface area contributed by atoms with E-state index < -0.39 is 0 Å². The molecule has 5 rings (SSSR count). The van der Waals surface area contributed by atoms with Gasteiger partial charge in [-0.05, 0) is 56.5 Å². The Kier molecular flexibility index (Phi) is 4.70. The molecule has 0 atom stereocenters. The number of hydrogen-bond acceptors (Lipinski definition) is 4. The van der Waals surface area contributed by atoms with Gasteiger partial charge in [-0.3, -0.25) is 4.79 Å². The van der Waals surface area contributed by atoms with E-state index in [2.05, 4.69) is 25.1 Å². The maximum Gasteiger partial charge on any atom is 0.264 e. The highest BCUT2D eigenvalue weighted by molar-refractivity contribution is 5.96. The van der Waals surface area contributed by atoms with Gasteiger partial charge in [-0.2, -0.15) is 10.1 Å². The molecule has 0 spiro atoms. The molecule has 2 aromatic carbocycles. The SMILES string of the molecule is Cc1ccc(-n2nc(C)c3c(C)cc(OCC(=O)N4CCc5ccccc54)nc32)cc1. The smallest absolute Gasteiger partial charge is 0.264 e. The summed E-state index contributed by atoms with van der Waals surface area (Å²) in [4.78, 5) is 19.3. The summed E-state index contributed by atoms with van der Waals surface area (Å²) in [6, 6.07) is 18.1. The number of rotatable bonds is 4. The van der Waals surface area contributed by atoms with Gasteiger partial charge in [0.2, 0.25) is 5.88 Å². The zero-order chi connectivity index (χ0) is 21.5. The second-order valence-corrected chi connectivity index (χ2v) is 8.02. The van der Waals surface area contributed by atoms with Gasteiger partial charge in [0.05, 0.1) is 11.4 Å². The highest BCUT2D eigenvalue weighted by Crippen LogP contribution is 2.29. The van der Waals surface area contributed by atoms with Crippen molar-refractivity contribution in [1.29, 1.82) is 0 Å². The second-order valence-electron chi connectivity index (χ2n) is 8.02. The molecular weight excluding hydrogens is 388 g/mol. The number of amides is 1. The van der Waals surface area contributed by atoms with Crippen molar-refractivity contribution < 1.29 is 9.53 Å². The Balaban J connectivity index is 1.42. The van der Waals surface area contributed by atoms with Gasteiger partial charge >= 0.3 is 0 Å². The molecule has 156 valence electrons. The Hall–Kier alpha value is -3.67. The van der Waals surface area contributed by atoms with E-state index in [1.165, 1.54) is 11.1 Å². The molecule has 0 unspecified atom stereocenters. The highest BCUT2D eigenvalue weighted by atomic mass is 16.5. The van der Waals surface area contributed by atoms with Crippen LogP contribution in [0.4, 0.5) is 5.69 Å². The number of ether oxygens (including phenoxy) is 1. The predicted molar refractivity (Wildman–Crippen MR) is 121 cm³/mol. The molecule has 0 fully saturated rings. The minimum atomic E-state index is -0.0623. The second kappa shape index (κ2) is 7.54. The fourth-order valence-electron chi connectivity index (χ4n) is 4.22. The number of carbonyl (C=O) groups is 1. The van der Waals surface area contributed by atoms with Crippen molar-refractivity contribution in [2.45, 2.75) is 27.2 Å². The lowest BCUT2D eigenvalue weighted by Crippen LogP contribution is -2.33. The molecule has 6 heteroatoms. The van der Waals surface area contributed by atoms with E-state index in [4.69, 9.17) is 14.8 Å². The van der Waals surface area contributed by atoms with Crippen LogP contribution in [0.3, 0.4) is 0 Å². The summed E-state index contributed by atoms with van der Waals surface area (Å²) in [5.41, 5.74) is 6.97. The Bertz CT molecular complexity index is 1290. The van der Waals surface area contributed by atoms with Crippen LogP contribution in [0.25, 0.3) is 16.7 Å². The van der Waals surface area contributed by atoms with E-state index in [1.54, 1.807) is 4.90 Å². The monoisotopic (exact) mass is 412 g/mol. The molecule has 31 heavy (non-hydrogen) atoms. The third-order valence-corrected chi connectivity index (χ3v) is 5.80. The van der Waals surface area contributed by atoms with E-state index >= 15 is 0 Å². The van der Waals surface area contributed by atoms with Crippen molar-refractivity contribution in [2.24, 2.45) is 0 Å². The fourth-order valence-corrected chi connectivity index (χ4v) is 4.22. The molecule has 6 nitrogen and oxygen atoms in total. The van der Waals surface area contributed by atoms with Crippen LogP contribution < -0.4 is 9.64 Å². The van der Waals surface area contributed by atoms with Crippen molar-refractivity contribution in [3.63, 3.8) is 0 Å². The molecule has 0 saturated heterocycles. The molecule has 0 saturated carbocycles. The fraction of sp³-hybridized carbons (Fsp3) is 0.240. The van der Waals surface area contributed by atoms with Crippen LogP contribution in [0.1, 0.15) is 22.4 Å². The number of nitrogens with zero attached hydrogens (tertiary/aromatic N) is 4. The number of hydrogen-bond donors (Lipinski definition) is 0. The molecule has 2 aromatic heterocycles. The molecular formula is C25H24N4O2. The molecule has 0 N–H and O–H groups in total. The largest absolute Gasteiger partial charge is 0.467 e. The summed E-state index contributed by atoms with van der Waals surface area (Å²) < 4.78 is 7.70. The summed E-state index contributed by atoms with van der Waals surface area (Å²) in [6.45, 7) is 6.69. The van der Waals surface area contributed by atoms with Crippen molar-refractivity contribution in [3.8, 4) is 11.6 Å². The van der Waals surface area contributed by atoms with Crippen molar-refractivity contribution in [3.05, 3.63) is 77.0 Å². The Labute approximate surface area is 181 Å². The molecule has 0 bridgehead atoms. The lowest BCUT2D eigenvalue weighted by molar-refractivity contribution is -0.120. The van der Waals surface area contributed by atoms with E-state index in [-0.39, 0.29) is 12.5 Å². The minimum absolute atomic E-state index is 0.0517. The molecule has 1 amide bonds. The van der Waals surface area contributed by atoms with Crippen LogP contribution in [0, 0.1) is 20.8 Å². The first kappa shape index (κ1) is 19.3. The molecule has 1 aliphatic heterocycles. The lowest BCUT2D eigenvalue weighted by atomic mass is 10.1. The number of aryl methyl sites for hydroxylation is 3. The van der Waals surface area contributed by atoms with Gasteiger partial charge in [0.25, 0.3) is 5.91 Å². The van der Waals surface area contributed by atoms with Crippen LogP contribution in [-0.2, 0) is 11.2 Å². The zero-order valence-corrected chi connectivity index (χ0v) is 17.9. The molecule has 3 heterocycles. The van der Waals surface area contributed by atoms with Crippen LogP contribution in [0.2, 0.25) is 0 Å². The first-order valence-electron chi connectivity index (χ1n) is 10.5. The number of pyridine rings is 1. The summed E-state index contributed by atoms with van der Waals surface area (Å²) >= 11 is 0. The van der Waals surface area contributed by atoms with Gasteiger partial charge in [-0.15, -0.1) is 0 Å². The number of carbonyl (C=O) groups excluding carboxylic acids is 1. The van der Waals surface area contributed by atoms with E-state index in [0.29, 0.717) is 12.4 Å². The summed E-state index contributed by atoms with van der Waals surface area (Å²) in [7, 11) is 0. The maximum atomic E-state index is 12.8. The maximum absolute atomic E-state index is 12.8. The summed E-state index contributed by atoms with van der Waals surface area (Å²) in [5, 5.41) is 5.71. The van der Waals surface area contributed by atoms with Gasteiger partial charge in [-0.25, -0.2) is 4.68 Å². The van der Waals surface area contributed by atoms with Gasteiger partial charge < -0.3 is 9.64 Å². The minimum Gasteiger partial charge on any atom is -0.467 e. The van der Waals surface area contributed by atoms with Gasteiger partial charge in [-0.1, -0.05) is 35.9 Å². The lowest BCUT2D eigenvalue weighted by Gasteiger charge is -2.17. The van der Waals surface area contributed by atoms with Gasteiger partial charge in [0, 0.05) is 23.7 Å². The Morgan fingerprint density at radius 3 is 2.65 bits per heavy atom. The zero-order valence-electron chi connectivity index (χ0n) is 17.9. The molecule has 0 aliphatic carbocycles. The Morgan fingerprint density at radius 2 is 1.84 bits per heavy atom. The van der Waals surface area contributed by atoms with Crippen LogP contribution in [-0.4, -0.2) is 33.8 Å². The Morgan fingerprint density at radius 1 is 1.06 bits per heavy atom. The number of fused-ring (bicyclic) bond motifs is 2. The average molecular weight is 412 g/mol. The average Bonchev–Trinajstić information content (AvgIpc) is 3.34. The first-order chi connectivity index (χ1) is 15.0. The quantitative estimate of drug-likeness (QED) is 0.501. The van der Waals surface area contributed by atoms with Crippen molar-refractivity contribution >= 4 is 22.6 Å². The van der Waals surface area contributed by atoms with E-state index in [9.17, 15) is 4.79 Å². The predicted octanol–water partition coefficient (Wildman–Crippen LogP) is 4.31. The molecule has 4 aromatic rings. The van der Waals surface area contributed by atoms with Crippen LogP contribution >= 0.6 is 0 Å². The summed E-state index contributed by atoms with van der Waals surface area (Å²) in [6.07, 6.45) is 0.875. The van der Waals surface area contributed by atoms with E-state index in [1.807, 2.05) is 54.9 Å². The standard InChI is InChI=1S/C25H24N4O2/c1-16-8-10-20(11-9-16)29-25-24(18(3)27-29)17(2)14-22(26-25)31-15-23(30)28-13-12-19-6-4-5-7-21(19)28/h4-11,14H,12-13,15H2,1-3H3. The normalized spacial score (nSPS) is 12.9. The summed E-state index contributed by atoms with van der Waals surface area (Å²) in [5.74, 6) is 0.367. The molecule has 1 aliphatic rings. The topological polar surface area (TPSA) is 60.3 Å². The third kappa shape index (κ3) is 3.44. The van der Waals surface area contributed by atoms with Crippen LogP contribution in [0.5, 0.6) is 5.88 Å². The third-order valence-electron chi connectivity index (χ3n) is 5.80. The number of anilines is 1.